The number of carbonyl (C=O) groups excluding carboxylic acids is 1. The molecule has 0 aliphatic heterocycles. The molecule has 0 heterocycles. The summed E-state index contributed by atoms with van der Waals surface area (Å²) in [5.74, 6) is -2.55. The van der Waals surface area contributed by atoms with Crippen LogP contribution in [-0.4, -0.2) is 39.5 Å². The van der Waals surface area contributed by atoms with Crippen LogP contribution in [0.2, 0.25) is 0 Å². The topological polar surface area (TPSA) is 118 Å². The van der Waals surface area contributed by atoms with Crippen LogP contribution in [0.3, 0.4) is 0 Å². The maximum absolute atomic E-state index is 9.68. The van der Waals surface area contributed by atoms with Crippen molar-refractivity contribution < 1.29 is 59.6 Å². The number of aliphatic carboxylic acids is 2. The van der Waals surface area contributed by atoms with Gasteiger partial charge in [0.1, 0.15) is 0 Å². The zero-order valence-corrected chi connectivity index (χ0v) is 11.1. The molecule has 84 valence electrons. The van der Waals surface area contributed by atoms with Crippen LogP contribution in [0, 0.1) is 0 Å². The molecule has 0 aromatic carbocycles. The van der Waals surface area contributed by atoms with Crippen molar-refractivity contribution in [2.24, 2.45) is 0 Å². The first-order chi connectivity index (χ1) is 6.36. The normalized spacial score (nSPS) is 12.5. The Labute approximate surface area is 110 Å². The number of rotatable bonds is 4. The SMILES string of the molecule is CCC(O)C(=O)O.CC[C@@H](O)C(=O)[O-].[Na+]. The van der Waals surface area contributed by atoms with Gasteiger partial charge < -0.3 is 25.2 Å². The van der Waals surface area contributed by atoms with Crippen molar-refractivity contribution in [3.05, 3.63) is 0 Å². The molecule has 0 aliphatic carbocycles. The summed E-state index contributed by atoms with van der Waals surface area (Å²) < 4.78 is 0. The van der Waals surface area contributed by atoms with Gasteiger partial charge in [-0.2, -0.15) is 0 Å². The summed E-state index contributed by atoms with van der Waals surface area (Å²) in [6, 6.07) is 0. The summed E-state index contributed by atoms with van der Waals surface area (Å²) in [5, 5.41) is 34.1. The first-order valence-electron chi connectivity index (χ1n) is 4.16. The summed E-state index contributed by atoms with van der Waals surface area (Å²) in [4.78, 5) is 19.2. The van der Waals surface area contributed by atoms with E-state index < -0.39 is 24.1 Å². The zero-order chi connectivity index (χ0) is 11.7. The van der Waals surface area contributed by atoms with Crippen molar-refractivity contribution in [3.8, 4) is 0 Å². The van der Waals surface area contributed by atoms with E-state index in [-0.39, 0.29) is 42.4 Å². The van der Waals surface area contributed by atoms with E-state index >= 15 is 0 Å². The fraction of sp³-hybridized carbons (Fsp3) is 0.750. The van der Waals surface area contributed by atoms with E-state index in [0.29, 0.717) is 0 Å². The number of aliphatic hydroxyl groups excluding tert-OH is 2. The minimum atomic E-state index is -1.40. The second-order valence-corrected chi connectivity index (χ2v) is 2.51. The van der Waals surface area contributed by atoms with Crippen molar-refractivity contribution >= 4 is 11.9 Å². The third kappa shape index (κ3) is 13.9. The molecule has 0 bridgehead atoms. The van der Waals surface area contributed by atoms with Crippen molar-refractivity contribution in [1.29, 1.82) is 0 Å². The van der Waals surface area contributed by atoms with E-state index in [1.54, 1.807) is 13.8 Å². The fourth-order valence-electron chi connectivity index (χ4n) is 0.341. The predicted molar refractivity (Wildman–Crippen MR) is 45.2 cm³/mol. The van der Waals surface area contributed by atoms with Gasteiger partial charge in [-0.25, -0.2) is 4.79 Å². The number of hydrogen-bond donors (Lipinski definition) is 3. The summed E-state index contributed by atoms with van der Waals surface area (Å²) in [5.41, 5.74) is 0. The monoisotopic (exact) mass is 230 g/mol. The zero-order valence-electron chi connectivity index (χ0n) is 9.14. The van der Waals surface area contributed by atoms with Crippen molar-refractivity contribution in [1.82, 2.24) is 0 Å². The Morgan fingerprint density at radius 2 is 1.47 bits per heavy atom. The van der Waals surface area contributed by atoms with Crippen LogP contribution in [0.25, 0.3) is 0 Å². The minimum Gasteiger partial charge on any atom is -0.547 e. The molecule has 0 saturated heterocycles. The molecule has 0 radical (unpaired) electrons. The number of carboxylic acid groups (broad SMARTS) is 2. The summed E-state index contributed by atoms with van der Waals surface area (Å²) in [6.07, 6.45) is -1.99. The standard InChI is InChI=1S/2C4H8O3.Na/c2*1-2-3(5)4(6)7;/h2*3,5H,2H2,1H3,(H,6,7);/q;;+1/p-1/t3-;;/m1../s1. The number of carbonyl (C=O) groups is 2. The first-order valence-corrected chi connectivity index (χ1v) is 4.16. The van der Waals surface area contributed by atoms with Gasteiger partial charge in [0.15, 0.2) is 6.10 Å². The largest absolute Gasteiger partial charge is 1.00 e. The van der Waals surface area contributed by atoms with E-state index in [4.69, 9.17) is 15.3 Å². The van der Waals surface area contributed by atoms with Crippen LogP contribution in [0.15, 0.2) is 0 Å². The summed E-state index contributed by atoms with van der Waals surface area (Å²) in [6.45, 7) is 3.18. The second-order valence-electron chi connectivity index (χ2n) is 2.51. The Balaban J connectivity index is -0.000000180. The summed E-state index contributed by atoms with van der Waals surface area (Å²) in [7, 11) is 0. The van der Waals surface area contributed by atoms with Crippen molar-refractivity contribution in [2.45, 2.75) is 38.9 Å². The van der Waals surface area contributed by atoms with Crippen LogP contribution < -0.4 is 34.7 Å². The Morgan fingerprint density at radius 1 is 1.13 bits per heavy atom. The number of aliphatic hydroxyl groups is 2. The van der Waals surface area contributed by atoms with Crippen molar-refractivity contribution in [2.75, 3.05) is 0 Å². The van der Waals surface area contributed by atoms with Gasteiger partial charge >= 0.3 is 35.5 Å². The molecule has 0 aromatic rings. The fourth-order valence-corrected chi connectivity index (χ4v) is 0.341. The van der Waals surface area contributed by atoms with E-state index in [1.807, 2.05) is 0 Å². The van der Waals surface area contributed by atoms with E-state index in [0.717, 1.165) is 0 Å². The van der Waals surface area contributed by atoms with Gasteiger partial charge in [0.2, 0.25) is 0 Å². The molecule has 0 amide bonds. The van der Waals surface area contributed by atoms with Crippen LogP contribution in [0.1, 0.15) is 26.7 Å². The Bertz CT molecular complexity index is 164. The van der Waals surface area contributed by atoms with Gasteiger partial charge in [0.25, 0.3) is 0 Å². The quantitative estimate of drug-likeness (QED) is 0.418. The Kier molecular flexibility index (Phi) is 16.1. The van der Waals surface area contributed by atoms with Crippen LogP contribution in [-0.2, 0) is 9.59 Å². The number of carboxylic acids is 2. The second kappa shape index (κ2) is 11.9. The van der Waals surface area contributed by atoms with E-state index in [9.17, 15) is 14.7 Å². The van der Waals surface area contributed by atoms with E-state index in [2.05, 4.69) is 0 Å². The average Bonchev–Trinajstić information content (AvgIpc) is 2.15. The predicted octanol–water partition coefficient (Wildman–Crippen LogP) is -4.65. The molecule has 0 fully saturated rings. The van der Waals surface area contributed by atoms with Gasteiger partial charge in [-0.05, 0) is 12.8 Å². The van der Waals surface area contributed by atoms with Crippen LogP contribution in [0.5, 0.6) is 0 Å². The van der Waals surface area contributed by atoms with E-state index in [1.165, 1.54) is 0 Å². The summed E-state index contributed by atoms with van der Waals surface area (Å²) >= 11 is 0. The Hall–Kier alpha value is -0.140. The molecule has 0 aromatic heterocycles. The third-order valence-corrected chi connectivity index (χ3v) is 1.33. The molecule has 0 spiro atoms. The minimum absolute atomic E-state index is 0. The first kappa shape index (κ1) is 20.3. The molecule has 15 heavy (non-hydrogen) atoms. The molecule has 0 rings (SSSR count). The number of hydrogen-bond acceptors (Lipinski definition) is 5. The van der Waals surface area contributed by atoms with Gasteiger partial charge in [-0.15, -0.1) is 0 Å². The molecule has 1 unspecified atom stereocenters. The molecule has 7 heteroatoms. The maximum atomic E-state index is 9.68. The molecular formula is C8H15NaO6. The van der Waals surface area contributed by atoms with Gasteiger partial charge in [-0.3, -0.25) is 0 Å². The van der Waals surface area contributed by atoms with Gasteiger partial charge in [0, 0.05) is 0 Å². The molecule has 3 N–H and O–H groups in total. The molecule has 0 aliphatic rings. The third-order valence-electron chi connectivity index (χ3n) is 1.33. The Morgan fingerprint density at radius 3 is 1.47 bits per heavy atom. The van der Waals surface area contributed by atoms with Gasteiger partial charge in [-0.1, -0.05) is 13.8 Å². The van der Waals surface area contributed by atoms with Crippen molar-refractivity contribution in [3.63, 3.8) is 0 Å². The maximum Gasteiger partial charge on any atom is 1.00 e. The molecular weight excluding hydrogens is 215 g/mol. The van der Waals surface area contributed by atoms with Crippen LogP contribution in [0.4, 0.5) is 0 Å². The average molecular weight is 230 g/mol. The smallest absolute Gasteiger partial charge is 0.547 e. The molecule has 2 atom stereocenters. The van der Waals surface area contributed by atoms with Crippen LogP contribution >= 0.6 is 0 Å². The molecule has 6 nitrogen and oxygen atoms in total. The van der Waals surface area contributed by atoms with Gasteiger partial charge in [0.05, 0.1) is 12.1 Å². The molecule has 0 saturated carbocycles.